The van der Waals surface area contributed by atoms with Gasteiger partial charge in [0.2, 0.25) is 0 Å². The van der Waals surface area contributed by atoms with Crippen LogP contribution in [0.3, 0.4) is 0 Å². The number of hydrogen-bond acceptors (Lipinski definition) is 6. The van der Waals surface area contributed by atoms with E-state index in [-0.39, 0.29) is 16.9 Å². The summed E-state index contributed by atoms with van der Waals surface area (Å²) in [4.78, 5) is 15.4. The van der Waals surface area contributed by atoms with Gasteiger partial charge in [-0.1, -0.05) is 18.2 Å². The smallest absolute Gasteiger partial charge is 0.293 e. The van der Waals surface area contributed by atoms with Gasteiger partial charge in [-0.05, 0) is 18.2 Å². The minimum atomic E-state index is -0.513. The Kier molecular flexibility index (Phi) is 5.04. The van der Waals surface area contributed by atoms with Crippen molar-refractivity contribution in [2.45, 2.75) is 6.04 Å². The van der Waals surface area contributed by atoms with E-state index in [0.717, 1.165) is 5.56 Å². The topological polar surface area (TPSA) is 106 Å². The van der Waals surface area contributed by atoms with Gasteiger partial charge in [-0.2, -0.15) is 5.26 Å². The minimum Gasteiger partial charge on any atom is -0.496 e. The Morgan fingerprint density at radius 1 is 1.33 bits per heavy atom. The van der Waals surface area contributed by atoms with Crippen LogP contribution < -0.4 is 10.1 Å². The third-order valence-electron chi connectivity index (χ3n) is 4.19. The van der Waals surface area contributed by atoms with E-state index >= 15 is 0 Å². The van der Waals surface area contributed by atoms with Gasteiger partial charge in [-0.3, -0.25) is 10.1 Å². The summed E-state index contributed by atoms with van der Waals surface area (Å²) in [6.07, 6.45) is 3.46. The number of imidazole rings is 1. The number of para-hydroxylation sites is 1. The van der Waals surface area contributed by atoms with E-state index in [1.165, 1.54) is 18.2 Å². The number of aromatic nitrogens is 2. The highest BCUT2D eigenvalue weighted by molar-refractivity contribution is 5.65. The normalized spacial score (nSPS) is 11.4. The fourth-order valence-electron chi connectivity index (χ4n) is 2.87. The molecule has 0 bridgehead atoms. The summed E-state index contributed by atoms with van der Waals surface area (Å²) in [5.41, 5.74) is 1.12. The molecule has 8 nitrogen and oxygen atoms in total. The molecule has 1 atom stereocenters. The largest absolute Gasteiger partial charge is 0.496 e. The Labute approximate surface area is 155 Å². The van der Waals surface area contributed by atoms with Gasteiger partial charge in [0, 0.05) is 31.1 Å². The average Bonchev–Trinajstić information content (AvgIpc) is 3.11. The zero-order valence-corrected chi connectivity index (χ0v) is 14.8. The summed E-state index contributed by atoms with van der Waals surface area (Å²) >= 11 is 0. The van der Waals surface area contributed by atoms with Crippen molar-refractivity contribution in [3.63, 3.8) is 0 Å². The fourth-order valence-corrected chi connectivity index (χ4v) is 2.87. The fraction of sp³-hybridized carbons (Fsp3) is 0.158. The van der Waals surface area contributed by atoms with Gasteiger partial charge in [0.05, 0.1) is 23.7 Å². The van der Waals surface area contributed by atoms with Crippen LogP contribution in [0.2, 0.25) is 0 Å². The summed E-state index contributed by atoms with van der Waals surface area (Å²) in [6.45, 7) is 0. The van der Waals surface area contributed by atoms with E-state index in [0.29, 0.717) is 11.6 Å². The summed E-state index contributed by atoms with van der Waals surface area (Å²) < 4.78 is 7.30. The molecule has 0 unspecified atom stereocenters. The molecule has 1 heterocycles. The van der Waals surface area contributed by atoms with Crippen LogP contribution in [0, 0.1) is 21.4 Å². The number of aryl methyl sites for hydroxylation is 1. The van der Waals surface area contributed by atoms with Crippen molar-refractivity contribution in [2.75, 3.05) is 12.4 Å². The molecule has 0 spiro atoms. The van der Waals surface area contributed by atoms with Crippen molar-refractivity contribution in [2.24, 2.45) is 7.05 Å². The molecule has 8 heteroatoms. The van der Waals surface area contributed by atoms with Crippen LogP contribution >= 0.6 is 0 Å². The molecule has 0 aliphatic rings. The van der Waals surface area contributed by atoms with Crippen molar-refractivity contribution in [3.8, 4) is 11.8 Å². The average molecular weight is 363 g/mol. The van der Waals surface area contributed by atoms with Crippen LogP contribution in [0.25, 0.3) is 0 Å². The predicted molar refractivity (Wildman–Crippen MR) is 99.5 cm³/mol. The Morgan fingerprint density at radius 2 is 2.11 bits per heavy atom. The number of rotatable bonds is 6. The highest BCUT2D eigenvalue weighted by Crippen LogP contribution is 2.35. The zero-order chi connectivity index (χ0) is 19.4. The van der Waals surface area contributed by atoms with Crippen molar-refractivity contribution in [1.82, 2.24) is 9.55 Å². The second-order valence-electron chi connectivity index (χ2n) is 5.82. The number of nitro groups is 1. The molecular weight excluding hydrogens is 346 g/mol. The molecule has 0 radical (unpaired) electrons. The number of nitrogens with zero attached hydrogens (tertiary/aromatic N) is 4. The third kappa shape index (κ3) is 3.57. The van der Waals surface area contributed by atoms with Crippen LogP contribution in [0.15, 0.2) is 54.9 Å². The van der Waals surface area contributed by atoms with Crippen molar-refractivity contribution >= 4 is 11.4 Å². The molecule has 0 saturated heterocycles. The number of ether oxygens (including phenoxy) is 1. The van der Waals surface area contributed by atoms with Gasteiger partial charge in [-0.25, -0.2) is 4.98 Å². The number of benzene rings is 2. The summed E-state index contributed by atoms with van der Waals surface area (Å²) in [7, 11) is 3.41. The second kappa shape index (κ2) is 7.58. The van der Waals surface area contributed by atoms with Gasteiger partial charge < -0.3 is 14.6 Å². The molecule has 0 amide bonds. The maximum atomic E-state index is 11.5. The molecule has 3 aromatic rings. The van der Waals surface area contributed by atoms with Crippen molar-refractivity contribution in [3.05, 3.63) is 81.9 Å². The summed E-state index contributed by atoms with van der Waals surface area (Å²) in [6, 6.07) is 13.2. The van der Waals surface area contributed by atoms with Crippen LogP contribution in [-0.4, -0.2) is 21.6 Å². The van der Waals surface area contributed by atoms with E-state index in [1.807, 2.05) is 41.9 Å². The van der Waals surface area contributed by atoms with Crippen LogP contribution in [0.4, 0.5) is 11.4 Å². The van der Waals surface area contributed by atoms with Gasteiger partial charge in [0.25, 0.3) is 5.69 Å². The SMILES string of the molecule is COc1ccccc1[C@@H](Nc1ccc(C#N)cc1[N+](=O)[O-])c1nccn1C. The van der Waals surface area contributed by atoms with Crippen LogP contribution in [0.1, 0.15) is 23.0 Å². The molecule has 136 valence electrons. The first kappa shape index (κ1) is 17.9. The number of methoxy groups -OCH3 is 1. The Bertz CT molecular complexity index is 1020. The molecule has 0 saturated carbocycles. The van der Waals surface area contributed by atoms with Crippen LogP contribution in [0.5, 0.6) is 5.75 Å². The van der Waals surface area contributed by atoms with E-state index < -0.39 is 11.0 Å². The molecule has 1 aromatic heterocycles. The molecule has 0 aliphatic heterocycles. The van der Waals surface area contributed by atoms with Crippen molar-refractivity contribution in [1.29, 1.82) is 5.26 Å². The lowest BCUT2D eigenvalue weighted by atomic mass is 10.0. The number of nitro benzene ring substituents is 1. The van der Waals surface area contributed by atoms with Gasteiger partial charge in [-0.15, -0.1) is 0 Å². The lowest BCUT2D eigenvalue weighted by Crippen LogP contribution is -2.18. The first-order valence-corrected chi connectivity index (χ1v) is 8.10. The third-order valence-corrected chi connectivity index (χ3v) is 4.19. The van der Waals surface area contributed by atoms with E-state index in [4.69, 9.17) is 10.00 Å². The van der Waals surface area contributed by atoms with Crippen LogP contribution in [-0.2, 0) is 7.05 Å². The lowest BCUT2D eigenvalue weighted by molar-refractivity contribution is -0.384. The van der Waals surface area contributed by atoms with Gasteiger partial charge in [0.1, 0.15) is 23.3 Å². The zero-order valence-electron chi connectivity index (χ0n) is 14.8. The molecular formula is C19H17N5O3. The monoisotopic (exact) mass is 363 g/mol. The molecule has 0 fully saturated rings. The lowest BCUT2D eigenvalue weighted by Gasteiger charge is -2.22. The summed E-state index contributed by atoms with van der Waals surface area (Å²) in [5, 5.41) is 23.7. The number of anilines is 1. The standard InChI is InChI=1S/C19H17N5O3/c1-23-10-9-21-19(23)18(14-5-3-4-6-17(14)27-2)22-15-8-7-13(12-20)11-16(15)24(25)26/h3-11,18,22H,1-2H3/t18-/m1/s1. The van der Waals surface area contributed by atoms with E-state index in [9.17, 15) is 10.1 Å². The Hall–Kier alpha value is -3.86. The second-order valence-corrected chi connectivity index (χ2v) is 5.82. The van der Waals surface area contributed by atoms with E-state index in [1.54, 1.807) is 19.5 Å². The molecule has 3 rings (SSSR count). The molecule has 2 aromatic carbocycles. The predicted octanol–water partition coefficient (Wildman–Crippen LogP) is 3.41. The van der Waals surface area contributed by atoms with Crippen molar-refractivity contribution < 1.29 is 9.66 Å². The number of nitrogens with one attached hydrogen (secondary N) is 1. The molecule has 1 N–H and O–H groups in total. The highest BCUT2D eigenvalue weighted by atomic mass is 16.6. The first-order chi connectivity index (χ1) is 13.0. The Balaban J connectivity index is 2.13. The van der Waals surface area contributed by atoms with Gasteiger partial charge >= 0.3 is 0 Å². The number of hydrogen-bond donors (Lipinski definition) is 1. The molecule has 27 heavy (non-hydrogen) atoms. The maximum absolute atomic E-state index is 11.5. The quantitative estimate of drug-likeness (QED) is 0.531. The Morgan fingerprint density at radius 3 is 2.74 bits per heavy atom. The maximum Gasteiger partial charge on any atom is 0.293 e. The first-order valence-electron chi connectivity index (χ1n) is 8.10. The van der Waals surface area contributed by atoms with E-state index in [2.05, 4.69) is 10.3 Å². The van der Waals surface area contributed by atoms with Gasteiger partial charge in [0.15, 0.2) is 0 Å². The number of nitriles is 1. The minimum absolute atomic E-state index is 0.178. The summed E-state index contributed by atoms with van der Waals surface area (Å²) in [5.74, 6) is 1.30. The highest BCUT2D eigenvalue weighted by Gasteiger charge is 2.25. The molecule has 0 aliphatic carbocycles.